The Hall–Kier alpha value is -4.42. The van der Waals surface area contributed by atoms with Gasteiger partial charge in [0.1, 0.15) is 5.75 Å². The number of aromatic nitrogens is 2. The number of ether oxygens (including phenoxy) is 1. The largest absolute Gasteiger partial charge is 0.496 e. The molecule has 0 aliphatic carbocycles. The van der Waals surface area contributed by atoms with Crippen LogP contribution >= 0.6 is 0 Å². The minimum absolute atomic E-state index is 0.110. The number of fused-ring (bicyclic) bond motifs is 1. The van der Waals surface area contributed by atoms with Crippen molar-refractivity contribution in [1.82, 2.24) is 9.97 Å². The number of hydrogen-bond acceptors (Lipinski definition) is 6. The summed E-state index contributed by atoms with van der Waals surface area (Å²) in [5, 5.41) is 10.1. The van der Waals surface area contributed by atoms with Gasteiger partial charge in [-0.3, -0.25) is 4.72 Å². The van der Waals surface area contributed by atoms with E-state index in [-0.39, 0.29) is 10.7 Å². The molecule has 0 saturated heterocycles. The lowest BCUT2D eigenvalue weighted by Gasteiger charge is -2.13. The van der Waals surface area contributed by atoms with Crippen LogP contribution < -0.4 is 9.46 Å². The Kier molecular flexibility index (Phi) is 5.93. The molecule has 8 nitrogen and oxygen atoms in total. The maximum absolute atomic E-state index is 13.3. The minimum Gasteiger partial charge on any atom is -0.496 e. The number of para-hydroxylation sites is 1. The van der Waals surface area contributed by atoms with E-state index in [1.54, 1.807) is 48.5 Å². The van der Waals surface area contributed by atoms with Gasteiger partial charge in [-0.05, 0) is 24.3 Å². The van der Waals surface area contributed by atoms with Gasteiger partial charge in [-0.15, -0.1) is 0 Å². The molecular weight excluding hydrogens is 442 g/mol. The number of anilines is 1. The molecule has 0 unspecified atom stereocenters. The Balaban J connectivity index is 1.69. The van der Waals surface area contributed by atoms with Crippen LogP contribution in [0.15, 0.2) is 78.0 Å². The third-order valence-electron chi connectivity index (χ3n) is 4.71. The summed E-state index contributed by atoms with van der Waals surface area (Å²) >= 11 is 0. The van der Waals surface area contributed by atoms with Crippen molar-refractivity contribution in [1.29, 1.82) is 0 Å². The van der Waals surface area contributed by atoms with Gasteiger partial charge in [-0.2, -0.15) is 0 Å². The molecule has 0 aliphatic heterocycles. The Morgan fingerprint density at radius 1 is 0.939 bits per heavy atom. The number of rotatable bonds is 5. The summed E-state index contributed by atoms with van der Waals surface area (Å²) < 4.78 is 34.5. The molecule has 0 saturated carbocycles. The predicted molar refractivity (Wildman–Crippen MR) is 123 cm³/mol. The molecule has 164 valence electrons. The lowest BCUT2D eigenvalue weighted by molar-refractivity contribution is 0.0683. The fourth-order valence-corrected chi connectivity index (χ4v) is 4.47. The minimum atomic E-state index is -3.95. The molecule has 3 aromatic carbocycles. The Labute approximate surface area is 190 Å². The van der Waals surface area contributed by atoms with Crippen molar-refractivity contribution >= 4 is 32.5 Å². The molecule has 0 fully saturated rings. The Morgan fingerprint density at radius 3 is 2.30 bits per heavy atom. The molecule has 0 atom stereocenters. The van der Waals surface area contributed by atoms with E-state index in [1.165, 1.54) is 25.6 Å². The maximum atomic E-state index is 13.3. The zero-order valence-corrected chi connectivity index (χ0v) is 18.1. The summed E-state index contributed by atoms with van der Waals surface area (Å²) in [6, 6.07) is 16.9. The monoisotopic (exact) mass is 459 g/mol. The van der Waals surface area contributed by atoms with Gasteiger partial charge in [0.15, 0.2) is 0 Å². The molecule has 9 heteroatoms. The highest BCUT2D eigenvalue weighted by atomic mass is 32.2. The SMILES string of the molecule is COc1ccc(S(=O)(=O)Nc2ccccc2C#Cc2cnc(C(=O)O)nc2)c2ccccc12. The third-order valence-corrected chi connectivity index (χ3v) is 6.13. The molecule has 0 amide bonds. The predicted octanol–water partition coefficient (Wildman–Crippen LogP) is 3.54. The highest BCUT2D eigenvalue weighted by Crippen LogP contribution is 2.32. The number of carboxylic acid groups (broad SMARTS) is 1. The van der Waals surface area contributed by atoms with Crippen LogP contribution in [0.3, 0.4) is 0 Å². The number of nitrogens with one attached hydrogen (secondary N) is 1. The van der Waals surface area contributed by atoms with Crippen molar-refractivity contribution in [2.24, 2.45) is 0 Å². The summed E-state index contributed by atoms with van der Waals surface area (Å²) in [5.74, 6) is 4.71. The number of hydrogen-bond donors (Lipinski definition) is 2. The van der Waals surface area contributed by atoms with Crippen molar-refractivity contribution in [2.45, 2.75) is 4.90 Å². The molecular formula is C24H17N3O5S. The highest BCUT2D eigenvalue weighted by Gasteiger charge is 2.20. The first kappa shape index (κ1) is 21.8. The molecule has 33 heavy (non-hydrogen) atoms. The van der Waals surface area contributed by atoms with Crippen molar-refractivity contribution in [2.75, 3.05) is 11.8 Å². The molecule has 0 aliphatic rings. The molecule has 4 rings (SSSR count). The molecule has 0 radical (unpaired) electrons. The van der Waals surface area contributed by atoms with Crippen LogP contribution in [-0.4, -0.2) is 36.6 Å². The van der Waals surface area contributed by atoms with E-state index in [0.717, 1.165) is 0 Å². The van der Waals surface area contributed by atoms with E-state index < -0.39 is 16.0 Å². The van der Waals surface area contributed by atoms with Gasteiger partial charge in [0, 0.05) is 28.7 Å². The van der Waals surface area contributed by atoms with Gasteiger partial charge >= 0.3 is 5.97 Å². The standard InChI is InChI=1S/C24H17N3O5S/c1-32-21-12-13-22(19-8-4-3-7-18(19)21)33(30,31)27-20-9-5-2-6-17(20)11-10-16-14-25-23(24(28)29)26-15-16/h2-9,12-15,27H,1H3,(H,28,29). The molecule has 4 aromatic rings. The van der Waals surface area contributed by atoms with Gasteiger partial charge in [0.05, 0.1) is 23.3 Å². The number of carbonyl (C=O) groups is 1. The molecule has 1 aromatic heterocycles. The molecule has 1 heterocycles. The van der Waals surface area contributed by atoms with Gasteiger partial charge in [0.25, 0.3) is 10.0 Å². The second kappa shape index (κ2) is 8.98. The van der Waals surface area contributed by atoms with Crippen LogP contribution in [-0.2, 0) is 10.0 Å². The summed E-state index contributed by atoms with van der Waals surface area (Å²) in [6.07, 6.45) is 2.58. The van der Waals surface area contributed by atoms with Crippen LogP contribution in [0.4, 0.5) is 5.69 Å². The van der Waals surface area contributed by atoms with E-state index in [9.17, 15) is 13.2 Å². The smallest absolute Gasteiger partial charge is 0.373 e. The summed E-state index contributed by atoms with van der Waals surface area (Å²) in [4.78, 5) is 18.4. The normalized spacial score (nSPS) is 10.8. The third kappa shape index (κ3) is 4.61. The van der Waals surface area contributed by atoms with E-state index in [0.29, 0.717) is 33.3 Å². The molecule has 2 N–H and O–H groups in total. The zero-order chi connectivity index (χ0) is 23.4. The second-order valence-electron chi connectivity index (χ2n) is 6.81. The second-order valence-corrected chi connectivity index (χ2v) is 8.46. The van der Waals surface area contributed by atoms with Gasteiger partial charge in [-0.1, -0.05) is 48.2 Å². The fraction of sp³-hybridized carbons (Fsp3) is 0.0417. The summed E-state index contributed by atoms with van der Waals surface area (Å²) in [6.45, 7) is 0. The fourth-order valence-electron chi connectivity index (χ4n) is 3.18. The average Bonchev–Trinajstić information content (AvgIpc) is 2.82. The topological polar surface area (TPSA) is 118 Å². The first-order valence-corrected chi connectivity index (χ1v) is 11.1. The van der Waals surface area contributed by atoms with Crippen LogP contribution in [0.25, 0.3) is 10.8 Å². The van der Waals surface area contributed by atoms with E-state index in [2.05, 4.69) is 26.5 Å². The zero-order valence-electron chi connectivity index (χ0n) is 17.3. The van der Waals surface area contributed by atoms with Crippen LogP contribution in [0.1, 0.15) is 21.7 Å². The maximum Gasteiger partial charge on any atom is 0.373 e. The van der Waals surface area contributed by atoms with Crippen molar-refractivity contribution in [3.05, 3.63) is 90.0 Å². The van der Waals surface area contributed by atoms with Crippen LogP contribution in [0, 0.1) is 11.8 Å². The number of sulfonamides is 1. The van der Waals surface area contributed by atoms with E-state index in [4.69, 9.17) is 9.84 Å². The first-order chi connectivity index (χ1) is 15.9. The van der Waals surface area contributed by atoms with Crippen molar-refractivity contribution in [3.63, 3.8) is 0 Å². The number of aromatic carboxylic acids is 1. The highest BCUT2D eigenvalue weighted by molar-refractivity contribution is 7.93. The Morgan fingerprint density at radius 2 is 1.61 bits per heavy atom. The van der Waals surface area contributed by atoms with Gasteiger partial charge in [-0.25, -0.2) is 23.2 Å². The average molecular weight is 459 g/mol. The summed E-state index contributed by atoms with van der Waals surface area (Å²) in [5.41, 5.74) is 1.12. The quantitative estimate of drug-likeness (QED) is 0.438. The molecule has 0 bridgehead atoms. The van der Waals surface area contributed by atoms with Crippen LogP contribution in [0.5, 0.6) is 5.75 Å². The van der Waals surface area contributed by atoms with Crippen LogP contribution in [0.2, 0.25) is 0 Å². The number of carboxylic acids is 1. The van der Waals surface area contributed by atoms with Gasteiger partial charge in [0.2, 0.25) is 5.82 Å². The number of benzene rings is 3. The van der Waals surface area contributed by atoms with Gasteiger partial charge < -0.3 is 9.84 Å². The summed E-state index contributed by atoms with van der Waals surface area (Å²) in [7, 11) is -2.42. The lowest BCUT2D eigenvalue weighted by atomic mass is 10.1. The Bertz CT molecular complexity index is 1520. The van der Waals surface area contributed by atoms with E-state index in [1.807, 2.05) is 6.07 Å². The molecule has 0 spiro atoms. The number of methoxy groups -OCH3 is 1. The number of nitrogens with zero attached hydrogens (tertiary/aromatic N) is 2. The lowest BCUT2D eigenvalue weighted by Crippen LogP contribution is -2.14. The van der Waals surface area contributed by atoms with E-state index >= 15 is 0 Å². The first-order valence-electron chi connectivity index (χ1n) is 9.64. The van der Waals surface area contributed by atoms with Crippen molar-refractivity contribution < 1.29 is 23.1 Å². The van der Waals surface area contributed by atoms with Crippen molar-refractivity contribution in [3.8, 4) is 17.6 Å².